The van der Waals surface area contributed by atoms with Gasteiger partial charge >= 0.3 is 0 Å². The molecule has 1 unspecified atom stereocenters. The van der Waals surface area contributed by atoms with Gasteiger partial charge in [-0.15, -0.1) is 0 Å². The van der Waals surface area contributed by atoms with Gasteiger partial charge in [0.2, 0.25) is 0 Å². The molecule has 6 heteroatoms. The summed E-state index contributed by atoms with van der Waals surface area (Å²) in [4.78, 5) is 17.4. The van der Waals surface area contributed by atoms with E-state index >= 15 is 0 Å². The molecule has 0 saturated heterocycles. The van der Waals surface area contributed by atoms with Crippen LogP contribution in [0.15, 0.2) is 59.7 Å². The van der Waals surface area contributed by atoms with Gasteiger partial charge in [0.15, 0.2) is 5.78 Å². The molecule has 0 bridgehead atoms. The maximum absolute atomic E-state index is 13.0. The summed E-state index contributed by atoms with van der Waals surface area (Å²) in [5.74, 6) is -0.00135. The average molecular weight is 403 g/mol. The average Bonchev–Trinajstić information content (AvgIpc) is 3.11. The lowest BCUT2D eigenvalue weighted by molar-refractivity contribution is -0.235. The van der Waals surface area contributed by atoms with Crippen LogP contribution in [0.4, 0.5) is 0 Å². The Morgan fingerprint density at radius 3 is 2.36 bits per heavy atom. The molecule has 0 spiro atoms. The summed E-state index contributed by atoms with van der Waals surface area (Å²) in [7, 11) is 1.56. The maximum atomic E-state index is 13.0. The van der Waals surface area contributed by atoms with Gasteiger partial charge in [-0.1, -0.05) is 48.0 Å². The van der Waals surface area contributed by atoms with Crippen molar-refractivity contribution in [2.45, 2.75) is 12.8 Å². The molecular formula is C22H23ClO5. The minimum absolute atomic E-state index is 0.00490. The number of allylic oxidation sites excluding steroid dienone is 1. The number of methoxy groups -OCH3 is 1. The molecule has 2 aromatic rings. The standard InChI is InChI=1S/C22H23ClO5/c1-26-14-27-12-18-8-11-20(21(18)13-28-25)22(24)17-4-2-15(3-5-17)16-6-9-19(23)10-7-16/h2-7,9-10,18,25H,8,11-14H2,1H3. The van der Waals surface area contributed by atoms with Gasteiger partial charge in [-0.25, -0.2) is 4.89 Å². The van der Waals surface area contributed by atoms with Gasteiger partial charge in [0.05, 0.1) is 6.61 Å². The van der Waals surface area contributed by atoms with Gasteiger partial charge in [-0.2, -0.15) is 0 Å². The second kappa shape index (κ2) is 9.96. The van der Waals surface area contributed by atoms with E-state index in [1.54, 1.807) is 7.11 Å². The minimum Gasteiger partial charge on any atom is -0.359 e. The normalized spacial score (nSPS) is 16.6. The molecule has 0 radical (unpaired) electrons. The Balaban J connectivity index is 1.78. The predicted octanol–water partition coefficient (Wildman–Crippen LogP) is 5.01. The quantitative estimate of drug-likeness (QED) is 0.210. The molecule has 3 rings (SSSR count). The first-order valence-electron chi connectivity index (χ1n) is 9.09. The van der Waals surface area contributed by atoms with Crippen LogP contribution in [0.3, 0.4) is 0 Å². The zero-order valence-electron chi connectivity index (χ0n) is 15.7. The molecule has 0 amide bonds. The van der Waals surface area contributed by atoms with Crippen LogP contribution in [0.1, 0.15) is 23.2 Å². The van der Waals surface area contributed by atoms with E-state index in [9.17, 15) is 4.79 Å². The fourth-order valence-corrected chi connectivity index (χ4v) is 3.65. The Morgan fingerprint density at radius 1 is 1.11 bits per heavy atom. The van der Waals surface area contributed by atoms with Crippen molar-refractivity contribution in [3.63, 3.8) is 0 Å². The van der Waals surface area contributed by atoms with Gasteiger partial charge < -0.3 is 9.47 Å². The summed E-state index contributed by atoms with van der Waals surface area (Å²) in [5, 5.41) is 9.63. The maximum Gasteiger partial charge on any atom is 0.189 e. The largest absolute Gasteiger partial charge is 0.359 e. The lowest BCUT2D eigenvalue weighted by atomic mass is 9.96. The number of ketones is 1. The lowest BCUT2D eigenvalue weighted by Gasteiger charge is -2.14. The van der Waals surface area contributed by atoms with E-state index in [2.05, 4.69) is 4.89 Å². The van der Waals surface area contributed by atoms with Crippen molar-refractivity contribution in [1.82, 2.24) is 0 Å². The van der Waals surface area contributed by atoms with E-state index in [0.717, 1.165) is 23.1 Å². The van der Waals surface area contributed by atoms with Crippen molar-refractivity contribution in [2.24, 2.45) is 5.92 Å². The van der Waals surface area contributed by atoms with Gasteiger partial charge in [0, 0.05) is 29.2 Å². The van der Waals surface area contributed by atoms with Crippen molar-refractivity contribution in [3.8, 4) is 11.1 Å². The van der Waals surface area contributed by atoms with Crippen LogP contribution in [-0.4, -0.2) is 38.2 Å². The van der Waals surface area contributed by atoms with E-state index in [4.69, 9.17) is 26.3 Å². The molecule has 28 heavy (non-hydrogen) atoms. The highest BCUT2D eigenvalue weighted by Crippen LogP contribution is 2.35. The van der Waals surface area contributed by atoms with Crippen molar-refractivity contribution in [3.05, 3.63) is 70.3 Å². The predicted molar refractivity (Wildman–Crippen MR) is 107 cm³/mol. The van der Waals surface area contributed by atoms with E-state index in [-0.39, 0.29) is 25.1 Å². The Kier molecular flexibility index (Phi) is 7.36. The number of ether oxygens (including phenoxy) is 2. The molecule has 1 atom stereocenters. The molecule has 0 aromatic heterocycles. The smallest absolute Gasteiger partial charge is 0.189 e. The van der Waals surface area contributed by atoms with E-state index in [1.165, 1.54) is 0 Å². The summed E-state index contributed by atoms with van der Waals surface area (Å²) in [6.07, 6.45) is 1.42. The summed E-state index contributed by atoms with van der Waals surface area (Å²) in [5.41, 5.74) is 4.15. The van der Waals surface area contributed by atoms with Crippen LogP contribution in [0.5, 0.6) is 0 Å². The monoisotopic (exact) mass is 402 g/mol. The molecule has 1 aliphatic rings. The number of carbonyl (C=O) groups is 1. The van der Waals surface area contributed by atoms with Gasteiger partial charge in [-0.3, -0.25) is 10.1 Å². The summed E-state index contributed by atoms with van der Waals surface area (Å²) in [6, 6.07) is 15.1. The number of hydrogen-bond donors (Lipinski definition) is 1. The molecule has 2 aromatic carbocycles. The number of carbonyl (C=O) groups excluding carboxylic acids is 1. The second-order valence-corrected chi connectivity index (χ2v) is 7.14. The zero-order chi connectivity index (χ0) is 19.9. The minimum atomic E-state index is -0.0380. The number of hydrogen-bond acceptors (Lipinski definition) is 5. The molecule has 1 aliphatic carbocycles. The topological polar surface area (TPSA) is 65.0 Å². The van der Waals surface area contributed by atoms with Crippen LogP contribution >= 0.6 is 11.6 Å². The lowest BCUT2D eigenvalue weighted by Crippen LogP contribution is -2.15. The van der Waals surface area contributed by atoms with Crippen molar-refractivity contribution >= 4 is 17.4 Å². The fraction of sp³-hybridized carbons (Fsp3) is 0.318. The Morgan fingerprint density at radius 2 is 1.75 bits per heavy atom. The third kappa shape index (κ3) is 4.87. The summed E-state index contributed by atoms with van der Waals surface area (Å²) in [6.45, 7) is 0.628. The van der Waals surface area contributed by atoms with E-state index in [0.29, 0.717) is 29.2 Å². The highest BCUT2D eigenvalue weighted by Gasteiger charge is 2.30. The summed E-state index contributed by atoms with van der Waals surface area (Å²) < 4.78 is 10.3. The molecule has 148 valence electrons. The van der Waals surface area contributed by atoms with Crippen LogP contribution in [0, 0.1) is 5.92 Å². The van der Waals surface area contributed by atoms with Crippen LogP contribution in [0.2, 0.25) is 5.02 Å². The Labute approximate surface area is 169 Å². The van der Waals surface area contributed by atoms with Crippen molar-refractivity contribution in [2.75, 3.05) is 27.1 Å². The molecule has 0 fully saturated rings. The SMILES string of the molecule is COCOCC1CCC(C(=O)c2ccc(-c3ccc(Cl)cc3)cc2)=C1COO. The highest BCUT2D eigenvalue weighted by molar-refractivity contribution is 6.30. The zero-order valence-corrected chi connectivity index (χ0v) is 16.4. The molecule has 5 nitrogen and oxygen atoms in total. The van der Waals surface area contributed by atoms with Gasteiger partial charge in [0.1, 0.15) is 13.4 Å². The molecular weight excluding hydrogens is 380 g/mol. The van der Waals surface area contributed by atoms with E-state index in [1.807, 2.05) is 48.5 Å². The third-order valence-electron chi connectivity index (χ3n) is 4.96. The molecule has 0 heterocycles. The van der Waals surface area contributed by atoms with Crippen LogP contribution in [-0.2, 0) is 14.4 Å². The molecule has 0 saturated carbocycles. The van der Waals surface area contributed by atoms with Crippen molar-refractivity contribution in [1.29, 1.82) is 0 Å². The Bertz CT molecular complexity index is 827. The number of halogens is 1. The fourth-order valence-electron chi connectivity index (χ4n) is 3.52. The second-order valence-electron chi connectivity index (χ2n) is 6.70. The number of Topliss-reactive ketones (excluding diaryl/α,β-unsaturated/α-hetero) is 1. The van der Waals surface area contributed by atoms with Crippen LogP contribution < -0.4 is 0 Å². The first-order chi connectivity index (χ1) is 13.6. The third-order valence-corrected chi connectivity index (χ3v) is 5.21. The molecule has 0 aliphatic heterocycles. The van der Waals surface area contributed by atoms with Crippen LogP contribution in [0.25, 0.3) is 11.1 Å². The Hall–Kier alpha value is -2.02. The highest BCUT2D eigenvalue weighted by atomic mass is 35.5. The first kappa shape index (κ1) is 20.7. The molecule has 1 N–H and O–H groups in total. The number of benzene rings is 2. The van der Waals surface area contributed by atoms with E-state index < -0.39 is 0 Å². The van der Waals surface area contributed by atoms with Gasteiger partial charge in [0.25, 0.3) is 0 Å². The number of rotatable bonds is 9. The van der Waals surface area contributed by atoms with Gasteiger partial charge in [-0.05, 0) is 41.7 Å². The summed E-state index contributed by atoms with van der Waals surface area (Å²) >= 11 is 5.94. The van der Waals surface area contributed by atoms with Crippen molar-refractivity contribution < 1.29 is 24.4 Å². The first-order valence-corrected chi connectivity index (χ1v) is 9.47.